The summed E-state index contributed by atoms with van der Waals surface area (Å²) < 4.78 is 5.78. The fourth-order valence-corrected chi connectivity index (χ4v) is 2.69. The summed E-state index contributed by atoms with van der Waals surface area (Å²) in [5.74, 6) is -0.753. The van der Waals surface area contributed by atoms with Crippen LogP contribution in [0, 0.1) is 11.8 Å². The minimum Gasteiger partial charge on any atom is -0.373 e. The summed E-state index contributed by atoms with van der Waals surface area (Å²) in [5.41, 5.74) is 0. The number of nitrogens with one attached hydrogen (secondary N) is 1. The molecule has 4 heteroatoms. The van der Waals surface area contributed by atoms with E-state index in [0.717, 1.165) is 19.3 Å². The quantitative estimate of drug-likeness (QED) is 0.704. The Bertz CT molecular complexity index is 290. The molecule has 0 aliphatic carbocycles. The summed E-state index contributed by atoms with van der Waals surface area (Å²) in [5, 5.41) is 2.41. The van der Waals surface area contributed by atoms with Crippen molar-refractivity contribution in [3.8, 4) is 0 Å². The Balaban J connectivity index is 2.20. The first-order valence-corrected chi connectivity index (χ1v) is 5.69. The van der Waals surface area contributed by atoms with Gasteiger partial charge in [0.1, 0.15) is 0 Å². The van der Waals surface area contributed by atoms with E-state index in [4.69, 9.17) is 4.74 Å². The van der Waals surface area contributed by atoms with Crippen molar-refractivity contribution in [3.05, 3.63) is 0 Å². The van der Waals surface area contributed by atoms with E-state index in [2.05, 4.69) is 12.2 Å². The molecule has 2 saturated heterocycles. The van der Waals surface area contributed by atoms with E-state index in [1.165, 1.54) is 0 Å². The molecule has 2 heterocycles. The molecule has 15 heavy (non-hydrogen) atoms. The highest BCUT2D eigenvalue weighted by atomic mass is 16.5. The number of carbonyl (C=O) groups is 2. The lowest BCUT2D eigenvalue weighted by Crippen LogP contribution is -2.30. The summed E-state index contributed by atoms with van der Waals surface area (Å²) >= 11 is 0. The standard InChI is InChI=1S/C11H17NO3/c1-3-5-7-9-8(6(4-2)15-7)10(13)12-11(9)14/h6-9H,3-5H2,1-2H3,(H,12,13,14). The van der Waals surface area contributed by atoms with Crippen molar-refractivity contribution >= 4 is 11.8 Å². The molecule has 0 aromatic heterocycles. The third-order valence-electron chi connectivity index (χ3n) is 3.37. The highest BCUT2D eigenvalue weighted by molar-refractivity contribution is 6.06. The van der Waals surface area contributed by atoms with Crippen molar-refractivity contribution in [2.45, 2.75) is 45.3 Å². The summed E-state index contributed by atoms with van der Waals surface area (Å²) in [6.45, 7) is 4.05. The largest absolute Gasteiger partial charge is 0.373 e. The van der Waals surface area contributed by atoms with Crippen molar-refractivity contribution in [2.75, 3.05) is 0 Å². The van der Waals surface area contributed by atoms with Gasteiger partial charge in [0.15, 0.2) is 0 Å². The van der Waals surface area contributed by atoms with Crippen molar-refractivity contribution in [2.24, 2.45) is 11.8 Å². The van der Waals surface area contributed by atoms with Gasteiger partial charge in [-0.05, 0) is 12.8 Å². The molecule has 2 rings (SSSR count). The van der Waals surface area contributed by atoms with Crippen LogP contribution in [-0.2, 0) is 14.3 Å². The number of rotatable bonds is 3. The average molecular weight is 211 g/mol. The highest BCUT2D eigenvalue weighted by Crippen LogP contribution is 2.39. The van der Waals surface area contributed by atoms with Gasteiger partial charge in [0, 0.05) is 0 Å². The number of imide groups is 1. The number of hydrogen-bond acceptors (Lipinski definition) is 3. The maximum atomic E-state index is 11.6. The van der Waals surface area contributed by atoms with Gasteiger partial charge < -0.3 is 4.74 Å². The Hall–Kier alpha value is -0.900. The molecule has 2 aliphatic rings. The molecule has 0 aromatic carbocycles. The molecular formula is C11H17NO3. The Labute approximate surface area is 89.4 Å². The maximum absolute atomic E-state index is 11.6. The van der Waals surface area contributed by atoms with E-state index in [1.54, 1.807) is 0 Å². The smallest absolute Gasteiger partial charge is 0.233 e. The third kappa shape index (κ3) is 1.57. The van der Waals surface area contributed by atoms with Gasteiger partial charge in [-0.1, -0.05) is 20.3 Å². The van der Waals surface area contributed by atoms with Gasteiger partial charge in [-0.15, -0.1) is 0 Å². The molecule has 0 saturated carbocycles. The maximum Gasteiger partial charge on any atom is 0.233 e. The minimum atomic E-state index is -0.237. The zero-order valence-electron chi connectivity index (χ0n) is 9.16. The lowest BCUT2D eigenvalue weighted by atomic mass is 9.87. The average Bonchev–Trinajstić information content (AvgIpc) is 2.69. The summed E-state index contributed by atoms with van der Waals surface area (Å²) in [6.07, 6.45) is 2.50. The first-order valence-electron chi connectivity index (χ1n) is 5.69. The molecular weight excluding hydrogens is 194 g/mol. The zero-order valence-corrected chi connectivity index (χ0v) is 9.16. The van der Waals surface area contributed by atoms with Crippen LogP contribution in [0.4, 0.5) is 0 Å². The number of fused-ring (bicyclic) bond motifs is 1. The molecule has 2 amide bonds. The van der Waals surface area contributed by atoms with Crippen LogP contribution in [0.15, 0.2) is 0 Å². The molecule has 0 spiro atoms. The highest BCUT2D eigenvalue weighted by Gasteiger charge is 2.55. The molecule has 2 aliphatic heterocycles. The second-order valence-corrected chi connectivity index (χ2v) is 4.31. The fraction of sp³-hybridized carbons (Fsp3) is 0.818. The van der Waals surface area contributed by atoms with Crippen LogP contribution in [0.2, 0.25) is 0 Å². The van der Waals surface area contributed by atoms with Gasteiger partial charge in [-0.3, -0.25) is 14.9 Å². The van der Waals surface area contributed by atoms with Crippen molar-refractivity contribution in [3.63, 3.8) is 0 Å². The molecule has 84 valence electrons. The van der Waals surface area contributed by atoms with Crippen LogP contribution < -0.4 is 5.32 Å². The zero-order chi connectivity index (χ0) is 11.0. The van der Waals surface area contributed by atoms with Gasteiger partial charge in [-0.25, -0.2) is 0 Å². The van der Waals surface area contributed by atoms with E-state index in [-0.39, 0.29) is 35.9 Å². The van der Waals surface area contributed by atoms with Crippen LogP contribution in [0.1, 0.15) is 33.1 Å². The molecule has 0 aromatic rings. The number of carbonyl (C=O) groups excluding carboxylic acids is 2. The Morgan fingerprint density at radius 1 is 1.13 bits per heavy atom. The number of hydrogen-bond donors (Lipinski definition) is 1. The van der Waals surface area contributed by atoms with E-state index in [0.29, 0.717) is 0 Å². The van der Waals surface area contributed by atoms with Crippen LogP contribution in [0.25, 0.3) is 0 Å². The van der Waals surface area contributed by atoms with Crippen molar-refractivity contribution in [1.82, 2.24) is 5.32 Å². The SMILES string of the molecule is CCCC1OC(CC)C2C(=O)NC(=O)C12. The first kappa shape index (κ1) is 10.6. The van der Waals surface area contributed by atoms with E-state index in [9.17, 15) is 9.59 Å². The predicted octanol–water partition coefficient (Wildman–Crippen LogP) is 0.853. The lowest BCUT2D eigenvalue weighted by Gasteiger charge is -2.14. The van der Waals surface area contributed by atoms with Gasteiger partial charge >= 0.3 is 0 Å². The Morgan fingerprint density at radius 2 is 1.73 bits per heavy atom. The molecule has 2 fully saturated rings. The van der Waals surface area contributed by atoms with E-state index < -0.39 is 0 Å². The normalized spacial score (nSPS) is 39.3. The van der Waals surface area contributed by atoms with E-state index in [1.807, 2.05) is 6.92 Å². The Kier molecular flexibility index (Phi) is 2.78. The van der Waals surface area contributed by atoms with Gasteiger partial charge in [-0.2, -0.15) is 0 Å². The van der Waals surface area contributed by atoms with Crippen molar-refractivity contribution in [1.29, 1.82) is 0 Å². The van der Waals surface area contributed by atoms with Crippen LogP contribution >= 0.6 is 0 Å². The second kappa shape index (κ2) is 3.93. The fourth-order valence-electron chi connectivity index (χ4n) is 2.69. The molecule has 0 radical (unpaired) electrons. The van der Waals surface area contributed by atoms with Gasteiger partial charge in [0.05, 0.1) is 24.0 Å². The van der Waals surface area contributed by atoms with Gasteiger partial charge in [0.25, 0.3) is 0 Å². The van der Waals surface area contributed by atoms with E-state index >= 15 is 0 Å². The van der Waals surface area contributed by atoms with Crippen LogP contribution in [0.3, 0.4) is 0 Å². The monoisotopic (exact) mass is 211 g/mol. The van der Waals surface area contributed by atoms with Gasteiger partial charge in [0.2, 0.25) is 11.8 Å². The Morgan fingerprint density at radius 3 is 2.27 bits per heavy atom. The van der Waals surface area contributed by atoms with Crippen molar-refractivity contribution < 1.29 is 14.3 Å². The third-order valence-corrected chi connectivity index (χ3v) is 3.37. The minimum absolute atomic E-state index is 0.0589. The summed E-state index contributed by atoms with van der Waals surface area (Å²) in [4.78, 5) is 23.2. The second-order valence-electron chi connectivity index (χ2n) is 4.31. The summed E-state index contributed by atoms with van der Waals surface area (Å²) in [6, 6.07) is 0. The van der Waals surface area contributed by atoms with Crippen LogP contribution in [-0.4, -0.2) is 24.0 Å². The molecule has 4 nitrogen and oxygen atoms in total. The first-order chi connectivity index (χ1) is 7.19. The van der Waals surface area contributed by atoms with Crippen LogP contribution in [0.5, 0.6) is 0 Å². The molecule has 1 N–H and O–H groups in total. The lowest BCUT2D eigenvalue weighted by molar-refractivity contribution is -0.129. The summed E-state index contributed by atoms with van der Waals surface area (Å²) in [7, 11) is 0. The number of ether oxygens (including phenoxy) is 1. The topological polar surface area (TPSA) is 55.4 Å². The molecule has 0 bridgehead atoms. The number of amides is 2. The molecule has 4 atom stereocenters. The predicted molar refractivity (Wildman–Crippen MR) is 54.0 cm³/mol. The molecule has 4 unspecified atom stereocenters.